The van der Waals surface area contributed by atoms with Gasteiger partial charge in [-0.3, -0.25) is 9.59 Å². The predicted octanol–water partition coefficient (Wildman–Crippen LogP) is 1.41. The number of rotatable bonds is 3. The number of aliphatic carboxylic acids is 1. The van der Waals surface area contributed by atoms with Crippen molar-refractivity contribution in [2.75, 3.05) is 18.6 Å². The van der Waals surface area contributed by atoms with Crippen molar-refractivity contribution in [3.05, 3.63) is 23.8 Å². The topological polar surface area (TPSA) is 66.8 Å². The molecule has 1 aliphatic rings. The van der Waals surface area contributed by atoms with Crippen LogP contribution in [0.2, 0.25) is 0 Å². The van der Waals surface area contributed by atoms with Gasteiger partial charge in [0.2, 0.25) is 5.91 Å². The second kappa shape index (κ2) is 4.83. The lowest BCUT2D eigenvalue weighted by Gasteiger charge is -2.17. The first kappa shape index (κ1) is 13.3. The molecular weight excluding hydrogens is 260 g/mol. The molecule has 0 bridgehead atoms. The summed E-state index contributed by atoms with van der Waals surface area (Å²) in [6, 6.07) is 1.90. The number of carboxylic acids is 1. The third-order valence-corrected chi connectivity index (χ3v) is 2.97. The number of nitrogens with zero attached hydrogens (tertiary/aromatic N) is 1. The van der Waals surface area contributed by atoms with Gasteiger partial charge in [0.1, 0.15) is 0 Å². The van der Waals surface area contributed by atoms with E-state index in [1.807, 2.05) is 0 Å². The quantitative estimate of drug-likeness (QED) is 0.902. The first-order valence-corrected chi connectivity index (χ1v) is 5.50. The van der Waals surface area contributed by atoms with Gasteiger partial charge in [0.15, 0.2) is 17.4 Å². The SMILES string of the molecule is COc1c(F)cc(N2CC(C(=O)O)CC2=O)cc1F. The molecule has 0 radical (unpaired) electrons. The van der Waals surface area contributed by atoms with Crippen LogP contribution in [0.15, 0.2) is 12.1 Å². The molecule has 0 spiro atoms. The molecule has 1 unspecified atom stereocenters. The summed E-state index contributed by atoms with van der Waals surface area (Å²) in [5.41, 5.74) is -0.00968. The number of carbonyl (C=O) groups is 2. The maximum atomic E-state index is 13.5. The molecule has 0 saturated carbocycles. The van der Waals surface area contributed by atoms with Crippen LogP contribution in [0, 0.1) is 17.6 Å². The van der Waals surface area contributed by atoms with Gasteiger partial charge in [-0.1, -0.05) is 0 Å². The third kappa shape index (κ3) is 2.35. The molecule has 102 valence electrons. The summed E-state index contributed by atoms with van der Waals surface area (Å²) in [5.74, 6) is -4.86. The van der Waals surface area contributed by atoms with Crippen molar-refractivity contribution in [1.82, 2.24) is 0 Å². The summed E-state index contributed by atoms with van der Waals surface area (Å²) in [4.78, 5) is 23.5. The Kier molecular flexibility index (Phi) is 3.37. The first-order chi connectivity index (χ1) is 8.93. The van der Waals surface area contributed by atoms with Gasteiger partial charge in [-0.25, -0.2) is 8.78 Å². The fourth-order valence-corrected chi connectivity index (χ4v) is 2.02. The van der Waals surface area contributed by atoms with E-state index in [1.165, 1.54) is 0 Å². The largest absolute Gasteiger partial charge is 0.491 e. The summed E-state index contributed by atoms with van der Waals surface area (Å²) in [6.07, 6.45) is -0.176. The number of methoxy groups -OCH3 is 1. The van der Waals surface area contributed by atoms with Crippen LogP contribution in [0.3, 0.4) is 0 Å². The van der Waals surface area contributed by atoms with E-state index in [-0.39, 0.29) is 18.7 Å². The van der Waals surface area contributed by atoms with E-state index in [9.17, 15) is 18.4 Å². The lowest BCUT2D eigenvalue weighted by molar-refractivity contribution is -0.141. The highest BCUT2D eigenvalue weighted by atomic mass is 19.1. The molecule has 1 atom stereocenters. The molecule has 1 aliphatic heterocycles. The Balaban J connectivity index is 2.33. The van der Waals surface area contributed by atoms with Crippen molar-refractivity contribution in [1.29, 1.82) is 0 Å². The second-order valence-electron chi connectivity index (χ2n) is 4.19. The molecule has 19 heavy (non-hydrogen) atoms. The summed E-state index contributed by atoms with van der Waals surface area (Å²) >= 11 is 0. The number of hydrogen-bond donors (Lipinski definition) is 1. The van der Waals surface area contributed by atoms with E-state index in [4.69, 9.17) is 5.11 Å². The lowest BCUT2D eigenvalue weighted by Crippen LogP contribution is -2.26. The number of anilines is 1. The van der Waals surface area contributed by atoms with Gasteiger partial charge < -0.3 is 14.7 Å². The van der Waals surface area contributed by atoms with Crippen molar-refractivity contribution >= 4 is 17.6 Å². The van der Waals surface area contributed by atoms with Crippen LogP contribution in [0.1, 0.15) is 6.42 Å². The van der Waals surface area contributed by atoms with Gasteiger partial charge in [0.05, 0.1) is 13.0 Å². The standard InChI is InChI=1S/C12H11F2NO4/c1-19-11-8(13)3-7(4-9(11)14)15-5-6(12(17)18)2-10(15)16/h3-4,6H,2,5H2,1H3,(H,17,18). The summed E-state index contributed by atoms with van der Waals surface area (Å²) < 4.78 is 31.6. The Hall–Kier alpha value is -2.18. The molecule has 2 rings (SSSR count). The zero-order valence-corrected chi connectivity index (χ0v) is 10.0. The van der Waals surface area contributed by atoms with Gasteiger partial charge in [-0.05, 0) is 0 Å². The van der Waals surface area contributed by atoms with Crippen LogP contribution >= 0.6 is 0 Å². The Bertz CT molecular complexity index is 524. The highest BCUT2D eigenvalue weighted by Crippen LogP contribution is 2.31. The van der Waals surface area contributed by atoms with Crippen molar-refractivity contribution in [3.8, 4) is 5.75 Å². The zero-order chi connectivity index (χ0) is 14.2. The minimum absolute atomic E-state index is 0.00968. The van der Waals surface area contributed by atoms with Gasteiger partial charge in [0, 0.05) is 30.8 Å². The molecule has 0 aliphatic carbocycles. The summed E-state index contributed by atoms with van der Waals surface area (Å²) in [7, 11) is 1.13. The van der Waals surface area contributed by atoms with Crippen LogP contribution in [0.5, 0.6) is 5.75 Å². The van der Waals surface area contributed by atoms with Crippen molar-refractivity contribution in [3.63, 3.8) is 0 Å². The molecule has 1 saturated heterocycles. The van der Waals surface area contributed by atoms with Crippen molar-refractivity contribution in [2.24, 2.45) is 5.92 Å². The van der Waals surface area contributed by atoms with Crippen LogP contribution in [0.4, 0.5) is 14.5 Å². The Morgan fingerprint density at radius 2 is 2.00 bits per heavy atom. The first-order valence-electron chi connectivity index (χ1n) is 5.50. The van der Waals surface area contributed by atoms with E-state index in [0.29, 0.717) is 0 Å². The summed E-state index contributed by atoms with van der Waals surface area (Å²) in [6.45, 7) is -0.0978. The Labute approximate surface area is 107 Å². The minimum atomic E-state index is -1.11. The monoisotopic (exact) mass is 271 g/mol. The average molecular weight is 271 g/mol. The number of hydrogen-bond acceptors (Lipinski definition) is 3. The number of benzene rings is 1. The molecule has 5 nitrogen and oxygen atoms in total. The molecule has 1 fully saturated rings. The fourth-order valence-electron chi connectivity index (χ4n) is 2.02. The molecule has 0 aromatic heterocycles. The number of carbonyl (C=O) groups excluding carboxylic acids is 1. The average Bonchev–Trinajstić information content (AvgIpc) is 2.71. The third-order valence-electron chi connectivity index (χ3n) is 2.97. The van der Waals surface area contributed by atoms with Gasteiger partial charge in [-0.2, -0.15) is 0 Å². The number of carboxylic acid groups (broad SMARTS) is 1. The highest BCUT2D eigenvalue weighted by Gasteiger charge is 2.35. The Morgan fingerprint density at radius 3 is 2.42 bits per heavy atom. The van der Waals surface area contributed by atoms with Gasteiger partial charge in [0.25, 0.3) is 0 Å². The number of amides is 1. The fraction of sp³-hybridized carbons (Fsp3) is 0.333. The predicted molar refractivity (Wildman–Crippen MR) is 61.0 cm³/mol. The van der Waals surface area contributed by atoms with Gasteiger partial charge >= 0.3 is 5.97 Å². The minimum Gasteiger partial charge on any atom is -0.491 e. The van der Waals surface area contributed by atoms with E-state index >= 15 is 0 Å². The van der Waals surface area contributed by atoms with E-state index < -0.39 is 35.2 Å². The van der Waals surface area contributed by atoms with Crippen LogP contribution in [-0.2, 0) is 9.59 Å². The maximum Gasteiger partial charge on any atom is 0.308 e. The molecular formula is C12H11F2NO4. The summed E-state index contributed by atoms with van der Waals surface area (Å²) in [5, 5.41) is 8.84. The molecule has 1 aromatic rings. The van der Waals surface area contributed by atoms with E-state index in [2.05, 4.69) is 4.74 Å². The normalized spacial score (nSPS) is 18.8. The molecule has 1 aromatic carbocycles. The molecule has 1 heterocycles. The van der Waals surface area contributed by atoms with E-state index in [1.54, 1.807) is 0 Å². The zero-order valence-electron chi connectivity index (χ0n) is 10.0. The van der Waals surface area contributed by atoms with Gasteiger partial charge in [-0.15, -0.1) is 0 Å². The Morgan fingerprint density at radius 1 is 1.42 bits per heavy atom. The number of ether oxygens (including phenoxy) is 1. The van der Waals surface area contributed by atoms with Crippen molar-refractivity contribution < 1.29 is 28.2 Å². The molecule has 7 heteroatoms. The van der Waals surface area contributed by atoms with E-state index in [0.717, 1.165) is 24.1 Å². The highest BCUT2D eigenvalue weighted by molar-refractivity contribution is 5.99. The smallest absolute Gasteiger partial charge is 0.308 e. The van der Waals surface area contributed by atoms with Crippen LogP contribution < -0.4 is 9.64 Å². The second-order valence-corrected chi connectivity index (χ2v) is 4.19. The molecule has 1 N–H and O–H groups in total. The van der Waals surface area contributed by atoms with Crippen molar-refractivity contribution in [2.45, 2.75) is 6.42 Å². The molecule has 1 amide bonds. The van der Waals surface area contributed by atoms with Crippen LogP contribution in [-0.4, -0.2) is 30.6 Å². The van der Waals surface area contributed by atoms with Crippen LogP contribution in [0.25, 0.3) is 0 Å². The lowest BCUT2D eigenvalue weighted by atomic mass is 10.1. The maximum absolute atomic E-state index is 13.5. The number of halogens is 2.